The van der Waals surface area contributed by atoms with E-state index in [2.05, 4.69) is 25.6 Å². The summed E-state index contributed by atoms with van der Waals surface area (Å²) in [5.74, 6) is 1.51. The molecule has 0 radical (unpaired) electrons. The molecule has 0 aliphatic carbocycles. The highest BCUT2D eigenvalue weighted by molar-refractivity contribution is 5.93. The molecule has 0 fully saturated rings. The molecule has 136 valence electrons. The van der Waals surface area contributed by atoms with Gasteiger partial charge in [-0.3, -0.25) is 9.78 Å². The first-order chi connectivity index (χ1) is 12.5. The highest BCUT2D eigenvalue weighted by atomic mass is 16.3. The van der Waals surface area contributed by atoms with Crippen LogP contribution < -0.4 is 16.2 Å². The van der Waals surface area contributed by atoms with Gasteiger partial charge in [0.1, 0.15) is 17.5 Å². The molecule has 0 spiro atoms. The Balaban J connectivity index is 2.15. The molecule has 3 aromatic heterocycles. The number of hydrogen-bond acceptors (Lipinski definition) is 7. The van der Waals surface area contributed by atoms with Crippen molar-refractivity contribution >= 4 is 28.2 Å². The van der Waals surface area contributed by atoms with E-state index in [1.54, 1.807) is 35.4 Å². The van der Waals surface area contributed by atoms with Gasteiger partial charge in [-0.15, -0.1) is 0 Å². The molecule has 0 unspecified atom stereocenters. The third-order valence-corrected chi connectivity index (χ3v) is 3.95. The third-order valence-electron chi connectivity index (χ3n) is 3.95. The fourth-order valence-corrected chi connectivity index (χ4v) is 2.63. The fraction of sp³-hybridized carbons (Fsp3) is 0.333. The smallest absolute Gasteiger partial charge is 0.262 e. The first-order valence-electron chi connectivity index (χ1n) is 8.46. The minimum atomic E-state index is -0.246. The first-order valence-corrected chi connectivity index (χ1v) is 8.46. The van der Waals surface area contributed by atoms with Gasteiger partial charge in [-0.05, 0) is 38.3 Å². The second kappa shape index (κ2) is 7.49. The largest absolute Gasteiger partial charge is 0.394 e. The summed E-state index contributed by atoms with van der Waals surface area (Å²) in [6.07, 6.45) is 6.54. The Labute approximate surface area is 151 Å². The van der Waals surface area contributed by atoms with Gasteiger partial charge in [0.2, 0.25) is 0 Å². The summed E-state index contributed by atoms with van der Waals surface area (Å²) in [5.41, 5.74) is -0.122. The Morgan fingerprint density at radius 2 is 2.04 bits per heavy atom. The van der Waals surface area contributed by atoms with Crippen molar-refractivity contribution in [3.63, 3.8) is 0 Å². The number of aliphatic hydroxyl groups is 1. The Bertz CT molecular complexity index is 955. The van der Waals surface area contributed by atoms with Crippen molar-refractivity contribution in [1.29, 1.82) is 0 Å². The van der Waals surface area contributed by atoms with Crippen LogP contribution in [-0.2, 0) is 0 Å². The summed E-state index contributed by atoms with van der Waals surface area (Å²) in [6, 6.07) is 3.47. The molecule has 8 nitrogen and oxygen atoms in total. The van der Waals surface area contributed by atoms with Gasteiger partial charge in [0, 0.05) is 30.7 Å². The van der Waals surface area contributed by atoms with Crippen molar-refractivity contribution in [1.82, 2.24) is 19.5 Å². The second-order valence-corrected chi connectivity index (χ2v) is 6.39. The van der Waals surface area contributed by atoms with Crippen LogP contribution in [0.2, 0.25) is 0 Å². The van der Waals surface area contributed by atoms with E-state index in [1.165, 1.54) is 0 Å². The van der Waals surface area contributed by atoms with Gasteiger partial charge < -0.3 is 20.3 Å². The zero-order chi connectivity index (χ0) is 18.7. The molecule has 26 heavy (non-hydrogen) atoms. The first kappa shape index (κ1) is 17.8. The minimum absolute atomic E-state index is 0.0346. The van der Waals surface area contributed by atoms with E-state index in [0.717, 1.165) is 5.39 Å². The van der Waals surface area contributed by atoms with E-state index < -0.39 is 0 Å². The lowest BCUT2D eigenvalue weighted by Gasteiger charge is -2.17. The number of fused-ring (bicyclic) bond motifs is 1. The van der Waals surface area contributed by atoms with E-state index in [9.17, 15) is 9.90 Å². The number of aromatic nitrogens is 4. The number of nitrogens with zero attached hydrogens (tertiary/aromatic N) is 4. The van der Waals surface area contributed by atoms with Crippen molar-refractivity contribution in [2.75, 3.05) is 17.2 Å². The predicted molar refractivity (Wildman–Crippen MR) is 102 cm³/mol. The van der Waals surface area contributed by atoms with Crippen molar-refractivity contribution < 1.29 is 5.11 Å². The van der Waals surface area contributed by atoms with Gasteiger partial charge in [-0.2, -0.15) is 0 Å². The van der Waals surface area contributed by atoms with Crippen molar-refractivity contribution in [3.8, 4) is 0 Å². The van der Waals surface area contributed by atoms with Crippen LogP contribution in [0.4, 0.5) is 17.5 Å². The van der Waals surface area contributed by atoms with Gasteiger partial charge in [-0.1, -0.05) is 0 Å². The average Bonchev–Trinajstić information content (AvgIpc) is 2.62. The summed E-state index contributed by atoms with van der Waals surface area (Å²) in [6.45, 7) is 5.65. The Morgan fingerprint density at radius 1 is 1.23 bits per heavy atom. The highest BCUT2D eigenvalue weighted by Gasteiger charge is 2.15. The normalized spacial score (nSPS) is 12.3. The predicted octanol–water partition coefficient (Wildman–Crippen LogP) is 2.30. The van der Waals surface area contributed by atoms with Gasteiger partial charge in [0.05, 0.1) is 18.2 Å². The standard InChI is InChI=1S/C18H22N6O2/c1-11(2)24-7-4-13-8-14(22-15-9-19-5-6-20-15)23-17(16(13)18(24)26)21-12(3)10-25/h4-9,11-12,25H,10H2,1-3H3,(H2,20,21,22,23)/t12-/m0/s1. The molecule has 0 aliphatic rings. The van der Waals surface area contributed by atoms with Crippen molar-refractivity contribution in [2.45, 2.75) is 32.9 Å². The minimum Gasteiger partial charge on any atom is -0.394 e. The number of nitrogens with one attached hydrogen (secondary N) is 2. The topological polar surface area (TPSA) is 105 Å². The summed E-state index contributed by atoms with van der Waals surface area (Å²) in [7, 11) is 0. The van der Waals surface area contributed by atoms with E-state index in [1.807, 2.05) is 26.8 Å². The quantitative estimate of drug-likeness (QED) is 0.624. The third kappa shape index (κ3) is 3.65. The van der Waals surface area contributed by atoms with Crippen LogP contribution >= 0.6 is 0 Å². The maximum absolute atomic E-state index is 12.9. The molecular formula is C18H22N6O2. The second-order valence-electron chi connectivity index (χ2n) is 6.39. The summed E-state index contributed by atoms with van der Waals surface area (Å²) < 4.78 is 1.66. The average molecular weight is 354 g/mol. The number of pyridine rings is 2. The Kier molecular flexibility index (Phi) is 5.13. The van der Waals surface area contributed by atoms with Crippen LogP contribution in [0.3, 0.4) is 0 Å². The van der Waals surface area contributed by atoms with Gasteiger partial charge >= 0.3 is 0 Å². The lowest BCUT2D eigenvalue weighted by atomic mass is 10.1. The van der Waals surface area contributed by atoms with E-state index in [0.29, 0.717) is 22.8 Å². The van der Waals surface area contributed by atoms with Crippen molar-refractivity contribution in [2.24, 2.45) is 0 Å². The molecule has 0 saturated heterocycles. The molecule has 0 saturated carbocycles. The molecule has 3 aromatic rings. The molecule has 3 rings (SSSR count). The fourth-order valence-electron chi connectivity index (χ4n) is 2.63. The van der Waals surface area contributed by atoms with E-state index in [-0.39, 0.29) is 24.2 Å². The Hall–Kier alpha value is -3.00. The van der Waals surface area contributed by atoms with Crippen LogP contribution in [0, 0.1) is 0 Å². The molecule has 0 aliphatic heterocycles. The zero-order valence-electron chi connectivity index (χ0n) is 15.0. The summed E-state index contributed by atoms with van der Waals surface area (Å²) >= 11 is 0. The number of rotatable bonds is 6. The lowest BCUT2D eigenvalue weighted by Crippen LogP contribution is -2.25. The SMILES string of the molecule is CC(C)n1ccc2cc(Nc3cnccn3)nc(N[C@@H](C)CO)c2c1=O. The molecule has 1 atom stereocenters. The maximum atomic E-state index is 12.9. The molecule has 3 N–H and O–H groups in total. The molecule has 0 amide bonds. The molecule has 8 heteroatoms. The van der Waals surface area contributed by atoms with Gasteiger partial charge in [-0.25, -0.2) is 9.97 Å². The number of hydrogen-bond donors (Lipinski definition) is 3. The van der Waals surface area contributed by atoms with Crippen LogP contribution in [0.1, 0.15) is 26.8 Å². The molecule has 0 aromatic carbocycles. The molecule has 0 bridgehead atoms. The monoisotopic (exact) mass is 354 g/mol. The summed E-state index contributed by atoms with van der Waals surface area (Å²) in [5, 5.41) is 16.8. The van der Waals surface area contributed by atoms with Crippen LogP contribution in [0.5, 0.6) is 0 Å². The van der Waals surface area contributed by atoms with Gasteiger partial charge in [0.25, 0.3) is 5.56 Å². The van der Waals surface area contributed by atoms with Crippen molar-refractivity contribution in [3.05, 3.63) is 47.3 Å². The van der Waals surface area contributed by atoms with E-state index >= 15 is 0 Å². The lowest BCUT2D eigenvalue weighted by molar-refractivity contribution is 0.281. The molecule has 3 heterocycles. The van der Waals surface area contributed by atoms with Gasteiger partial charge in [0.15, 0.2) is 0 Å². The molecular weight excluding hydrogens is 332 g/mol. The zero-order valence-corrected chi connectivity index (χ0v) is 15.0. The number of aliphatic hydroxyl groups excluding tert-OH is 1. The summed E-state index contributed by atoms with van der Waals surface area (Å²) in [4.78, 5) is 25.6. The maximum Gasteiger partial charge on any atom is 0.262 e. The van der Waals surface area contributed by atoms with Crippen LogP contribution in [0.15, 0.2) is 41.7 Å². The Morgan fingerprint density at radius 3 is 2.69 bits per heavy atom. The van der Waals surface area contributed by atoms with Crippen LogP contribution in [0.25, 0.3) is 10.8 Å². The number of anilines is 3. The van der Waals surface area contributed by atoms with E-state index in [4.69, 9.17) is 0 Å². The van der Waals surface area contributed by atoms with Crippen LogP contribution in [-0.4, -0.2) is 37.3 Å². The highest BCUT2D eigenvalue weighted by Crippen LogP contribution is 2.24.